The smallest absolute Gasteiger partial charge is 0.305 e. The van der Waals surface area contributed by atoms with Crippen molar-refractivity contribution in [1.29, 1.82) is 0 Å². The molecule has 0 bridgehead atoms. The van der Waals surface area contributed by atoms with Gasteiger partial charge in [0.05, 0.1) is 6.42 Å². The van der Waals surface area contributed by atoms with Gasteiger partial charge in [0.15, 0.2) is 0 Å². The first-order valence-electron chi connectivity index (χ1n) is 11.4. The lowest BCUT2D eigenvalue weighted by molar-refractivity contribution is -0.141. The van der Waals surface area contributed by atoms with Crippen molar-refractivity contribution in [2.24, 2.45) is 23.3 Å². The predicted octanol–water partition coefficient (Wildman–Crippen LogP) is -1.89. The van der Waals surface area contributed by atoms with Gasteiger partial charge in [-0.05, 0) is 45.1 Å². The van der Waals surface area contributed by atoms with E-state index in [1.54, 1.807) is 0 Å². The van der Waals surface area contributed by atoms with E-state index in [4.69, 9.17) is 21.8 Å². The first kappa shape index (κ1) is 31.7. The second-order valence-corrected chi connectivity index (χ2v) is 8.70. The van der Waals surface area contributed by atoms with Crippen LogP contribution in [0.4, 0.5) is 0 Å². The maximum absolute atomic E-state index is 12.6. The standard InChI is InChI=1S/C21H38N6O8/c1-11(2)8-13(9-16(28)27-35)20(33)24-12(3)19(32)26-15(10-17(29)30)21(34)25-14(18(23)31)6-4-5-7-22/h11-15,35H,4-10,22H2,1-3H3,(H2,23,31)(H,24,33)(H,25,34)(H,26,32)(H,27,28)(H,29,30)/t12-,13+,14-,15-/m0/s1. The van der Waals surface area contributed by atoms with Crippen LogP contribution < -0.4 is 32.9 Å². The molecule has 0 rings (SSSR count). The third kappa shape index (κ3) is 13.3. The maximum atomic E-state index is 12.6. The average molecular weight is 503 g/mol. The Labute approximate surface area is 203 Å². The van der Waals surface area contributed by atoms with E-state index in [-0.39, 0.29) is 18.8 Å². The van der Waals surface area contributed by atoms with Crippen LogP contribution in [-0.4, -0.2) is 70.5 Å². The Morgan fingerprint density at radius 1 is 0.829 bits per heavy atom. The number of carbonyl (C=O) groups excluding carboxylic acids is 5. The first-order chi connectivity index (χ1) is 16.3. The molecule has 10 N–H and O–H groups in total. The zero-order valence-corrected chi connectivity index (χ0v) is 20.3. The summed E-state index contributed by atoms with van der Waals surface area (Å²) in [5.41, 5.74) is 12.2. The SMILES string of the molecule is CC(C)C[C@H](CC(=O)NO)C(=O)N[C@@H](C)C(=O)N[C@@H](CC(=O)O)C(=O)N[C@@H](CCCCN)C(N)=O. The van der Waals surface area contributed by atoms with Crippen molar-refractivity contribution in [2.75, 3.05) is 6.54 Å². The van der Waals surface area contributed by atoms with Crippen molar-refractivity contribution in [2.45, 2.75) is 77.4 Å². The summed E-state index contributed by atoms with van der Waals surface area (Å²) in [5, 5.41) is 24.9. The van der Waals surface area contributed by atoms with Crippen LogP contribution >= 0.6 is 0 Å². The number of carbonyl (C=O) groups is 6. The molecular formula is C21H38N6O8. The van der Waals surface area contributed by atoms with Gasteiger partial charge in [-0.25, -0.2) is 5.48 Å². The summed E-state index contributed by atoms with van der Waals surface area (Å²) in [6.07, 6.45) is 0.489. The monoisotopic (exact) mass is 502 g/mol. The lowest BCUT2D eigenvalue weighted by atomic mass is 9.93. The quantitative estimate of drug-likeness (QED) is 0.0628. The van der Waals surface area contributed by atoms with Crippen molar-refractivity contribution in [3.63, 3.8) is 0 Å². The van der Waals surface area contributed by atoms with Gasteiger partial charge in [0.1, 0.15) is 18.1 Å². The van der Waals surface area contributed by atoms with Crippen LogP contribution in [-0.2, 0) is 28.8 Å². The molecule has 0 spiro atoms. The Kier molecular flexibility index (Phi) is 14.9. The molecule has 0 aromatic heterocycles. The molecule has 14 nitrogen and oxygen atoms in total. The Hall–Kier alpha value is -3.26. The number of rotatable bonds is 17. The number of hydroxylamine groups is 1. The minimum atomic E-state index is -1.54. The summed E-state index contributed by atoms with van der Waals surface area (Å²) in [5.74, 6) is -6.17. The van der Waals surface area contributed by atoms with E-state index in [0.29, 0.717) is 25.8 Å². The van der Waals surface area contributed by atoms with E-state index in [1.165, 1.54) is 12.4 Å². The summed E-state index contributed by atoms with van der Waals surface area (Å²) in [6, 6.07) is -3.80. The molecule has 0 aliphatic heterocycles. The summed E-state index contributed by atoms with van der Waals surface area (Å²) in [7, 11) is 0. The molecule has 5 amide bonds. The highest BCUT2D eigenvalue weighted by atomic mass is 16.5. The molecule has 0 aliphatic rings. The van der Waals surface area contributed by atoms with Crippen LogP contribution in [0.1, 0.15) is 59.3 Å². The van der Waals surface area contributed by atoms with Crippen molar-refractivity contribution in [3.05, 3.63) is 0 Å². The summed E-state index contributed by atoms with van der Waals surface area (Å²) < 4.78 is 0. The lowest BCUT2D eigenvalue weighted by Crippen LogP contribution is -2.56. The number of nitrogens with one attached hydrogen (secondary N) is 4. The molecule has 14 heteroatoms. The Morgan fingerprint density at radius 3 is 1.91 bits per heavy atom. The fourth-order valence-electron chi connectivity index (χ4n) is 3.25. The van der Waals surface area contributed by atoms with E-state index in [1.807, 2.05) is 13.8 Å². The summed E-state index contributed by atoms with van der Waals surface area (Å²) in [4.78, 5) is 72.2. The van der Waals surface area contributed by atoms with Gasteiger partial charge in [-0.1, -0.05) is 13.8 Å². The van der Waals surface area contributed by atoms with Gasteiger partial charge < -0.3 is 32.5 Å². The van der Waals surface area contributed by atoms with Crippen LogP contribution in [0.3, 0.4) is 0 Å². The van der Waals surface area contributed by atoms with Gasteiger partial charge in [-0.2, -0.15) is 0 Å². The minimum absolute atomic E-state index is 0.0353. The zero-order chi connectivity index (χ0) is 27.1. The van der Waals surface area contributed by atoms with Gasteiger partial charge in [0, 0.05) is 12.3 Å². The van der Waals surface area contributed by atoms with E-state index in [9.17, 15) is 28.8 Å². The van der Waals surface area contributed by atoms with Gasteiger partial charge in [-0.15, -0.1) is 0 Å². The molecule has 0 heterocycles. The highest BCUT2D eigenvalue weighted by Crippen LogP contribution is 2.16. The molecule has 0 unspecified atom stereocenters. The van der Waals surface area contributed by atoms with Gasteiger partial charge in [-0.3, -0.25) is 34.0 Å². The van der Waals surface area contributed by atoms with E-state index in [2.05, 4.69) is 16.0 Å². The van der Waals surface area contributed by atoms with Crippen LogP contribution in [0.25, 0.3) is 0 Å². The molecule has 35 heavy (non-hydrogen) atoms. The Balaban J connectivity index is 5.29. The number of hydrogen-bond acceptors (Lipinski definition) is 8. The molecule has 0 radical (unpaired) electrons. The minimum Gasteiger partial charge on any atom is -0.481 e. The molecule has 4 atom stereocenters. The number of carboxylic acid groups (broad SMARTS) is 1. The van der Waals surface area contributed by atoms with Gasteiger partial charge >= 0.3 is 5.97 Å². The second kappa shape index (κ2) is 16.4. The fourth-order valence-corrected chi connectivity index (χ4v) is 3.25. The molecule has 0 aromatic carbocycles. The normalized spacial score (nSPS) is 14.2. The number of carboxylic acids is 1. The van der Waals surface area contributed by atoms with Gasteiger partial charge in [0.25, 0.3) is 0 Å². The third-order valence-electron chi connectivity index (χ3n) is 5.05. The van der Waals surface area contributed by atoms with Crippen LogP contribution in [0.5, 0.6) is 0 Å². The number of unbranched alkanes of at least 4 members (excludes halogenated alkanes) is 1. The topological polar surface area (TPSA) is 243 Å². The molecule has 200 valence electrons. The van der Waals surface area contributed by atoms with Crippen LogP contribution in [0.15, 0.2) is 0 Å². The highest BCUT2D eigenvalue weighted by Gasteiger charge is 2.30. The second-order valence-electron chi connectivity index (χ2n) is 8.70. The van der Waals surface area contributed by atoms with E-state index in [0.717, 1.165) is 0 Å². The average Bonchev–Trinajstić information content (AvgIpc) is 2.76. The lowest BCUT2D eigenvalue weighted by Gasteiger charge is -2.24. The highest BCUT2D eigenvalue weighted by molar-refractivity contribution is 5.96. The molecular weight excluding hydrogens is 464 g/mol. The first-order valence-corrected chi connectivity index (χ1v) is 11.4. The van der Waals surface area contributed by atoms with Crippen molar-refractivity contribution in [3.8, 4) is 0 Å². The van der Waals surface area contributed by atoms with E-state index < -0.39 is 66.0 Å². The third-order valence-corrected chi connectivity index (χ3v) is 5.05. The van der Waals surface area contributed by atoms with Crippen molar-refractivity contribution < 1.29 is 39.1 Å². The molecule has 0 aromatic rings. The van der Waals surface area contributed by atoms with Crippen LogP contribution in [0, 0.1) is 11.8 Å². The molecule has 0 saturated carbocycles. The number of aliphatic carboxylic acids is 1. The van der Waals surface area contributed by atoms with E-state index >= 15 is 0 Å². The van der Waals surface area contributed by atoms with Crippen molar-refractivity contribution in [1.82, 2.24) is 21.4 Å². The zero-order valence-electron chi connectivity index (χ0n) is 20.3. The Bertz CT molecular complexity index is 760. The Morgan fingerprint density at radius 2 is 1.43 bits per heavy atom. The van der Waals surface area contributed by atoms with Gasteiger partial charge in [0.2, 0.25) is 29.5 Å². The summed E-state index contributed by atoms with van der Waals surface area (Å²) >= 11 is 0. The van der Waals surface area contributed by atoms with Crippen LogP contribution in [0.2, 0.25) is 0 Å². The van der Waals surface area contributed by atoms with Crippen molar-refractivity contribution >= 4 is 35.5 Å². The fraction of sp³-hybridized carbons (Fsp3) is 0.714. The molecule has 0 aliphatic carbocycles. The number of amides is 5. The summed E-state index contributed by atoms with van der Waals surface area (Å²) in [6.45, 7) is 5.36. The number of nitrogens with two attached hydrogens (primary N) is 2. The number of hydrogen-bond donors (Lipinski definition) is 8. The number of primary amides is 1. The largest absolute Gasteiger partial charge is 0.481 e. The molecule has 0 fully saturated rings. The molecule has 0 saturated heterocycles. The maximum Gasteiger partial charge on any atom is 0.305 e. The predicted molar refractivity (Wildman–Crippen MR) is 123 cm³/mol.